The molecule has 1 amide bonds. The van der Waals surface area contributed by atoms with Crippen molar-refractivity contribution in [1.82, 2.24) is 14.5 Å². The third-order valence-electron chi connectivity index (χ3n) is 12.9. The minimum absolute atomic E-state index is 0.233. The molecule has 13 heteroatoms. The van der Waals surface area contributed by atoms with E-state index < -0.39 is 26.8 Å². The zero-order chi connectivity index (χ0) is 38.6. The quantitative estimate of drug-likeness (QED) is 0.396. The molecule has 4 heterocycles. The van der Waals surface area contributed by atoms with Crippen LogP contribution in [0.15, 0.2) is 48.6 Å². The number of amides is 1. The molecule has 5 atom stereocenters. The normalized spacial score (nSPS) is 31.0. The third kappa shape index (κ3) is 9.37. The zero-order valence-electron chi connectivity index (χ0n) is 32.7. The molecule has 4 aliphatic heterocycles. The number of halogens is 1. The smallest absolute Gasteiger partial charge is 0.264 e. The first-order valence-corrected chi connectivity index (χ1v) is 22.2. The first kappa shape index (κ1) is 40.5. The molecule has 55 heavy (non-hydrogen) atoms. The molecule has 2 aromatic rings. The summed E-state index contributed by atoms with van der Waals surface area (Å²) in [6.07, 6.45) is 9.82. The molecule has 0 spiro atoms. The van der Waals surface area contributed by atoms with Crippen LogP contribution in [0.4, 0.5) is 5.69 Å². The Morgan fingerprint density at radius 3 is 2.47 bits per heavy atom. The number of allylic oxidation sites excluding steroid dienone is 1. The number of benzene rings is 2. The number of nitrogens with zero attached hydrogens (tertiary/aromatic N) is 3. The second-order valence-corrected chi connectivity index (χ2v) is 18.8. The number of carbonyl (C=O) groups excluding carboxylic acids is 1. The van der Waals surface area contributed by atoms with E-state index in [9.17, 15) is 13.2 Å². The summed E-state index contributed by atoms with van der Waals surface area (Å²) in [6.45, 7) is 12.7. The standard InChI is InChI=1S/C42H59ClN4O7S/c1-30-7-6-15-42(51-3,29-45-17-19-46(20-18-45)37-27-52-21-22-53-28-37)38-13-10-34(38)25-47-16-5-4-8-32-23-36(43)12-9-35(32)26-54-40-14-11-33(24-39(40)47)41(48)44-55(49,50)31(30)2/h6,9,11-12,14-15,23-24,30-31,34,37-38H,4-5,7-8,10,13,16-22,25-29H2,1-3H3,(H,44,48)/b15-6+/t30-,31+,34-,38+,42?/m0/s1. The van der Waals surface area contributed by atoms with Crippen molar-refractivity contribution in [2.75, 3.05) is 84.3 Å². The first-order chi connectivity index (χ1) is 26.5. The van der Waals surface area contributed by atoms with E-state index in [1.165, 1.54) is 5.56 Å². The van der Waals surface area contributed by atoms with E-state index in [4.69, 9.17) is 30.5 Å². The van der Waals surface area contributed by atoms with E-state index >= 15 is 0 Å². The van der Waals surface area contributed by atoms with E-state index in [1.54, 1.807) is 13.0 Å². The van der Waals surface area contributed by atoms with Crippen LogP contribution in [0.3, 0.4) is 0 Å². The molecule has 302 valence electrons. The predicted molar refractivity (Wildman–Crippen MR) is 216 cm³/mol. The molecule has 0 radical (unpaired) electrons. The molecule has 1 N–H and O–H groups in total. The third-order valence-corrected chi connectivity index (χ3v) is 15.1. The van der Waals surface area contributed by atoms with Gasteiger partial charge in [-0.3, -0.25) is 14.6 Å². The Morgan fingerprint density at radius 2 is 1.75 bits per heavy atom. The van der Waals surface area contributed by atoms with Gasteiger partial charge in [0, 0.05) is 63.5 Å². The van der Waals surface area contributed by atoms with Gasteiger partial charge in [-0.2, -0.15) is 0 Å². The highest BCUT2D eigenvalue weighted by Crippen LogP contribution is 2.47. The van der Waals surface area contributed by atoms with E-state index in [-0.39, 0.29) is 17.9 Å². The Labute approximate surface area is 332 Å². The van der Waals surface area contributed by atoms with Gasteiger partial charge in [0.15, 0.2) is 0 Å². The van der Waals surface area contributed by atoms with Gasteiger partial charge in [0.2, 0.25) is 10.0 Å². The Morgan fingerprint density at radius 1 is 0.964 bits per heavy atom. The van der Waals surface area contributed by atoms with E-state index in [0.717, 1.165) is 89.2 Å². The number of methoxy groups -OCH3 is 1. The number of anilines is 1. The topological polar surface area (TPSA) is 110 Å². The molecule has 0 aromatic heterocycles. The van der Waals surface area contributed by atoms with Crippen molar-refractivity contribution in [2.45, 2.75) is 75.9 Å². The van der Waals surface area contributed by atoms with Gasteiger partial charge in [0.25, 0.3) is 5.91 Å². The lowest BCUT2D eigenvalue weighted by Gasteiger charge is -2.52. The van der Waals surface area contributed by atoms with Gasteiger partial charge in [-0.1, -0.05) is 36.7 Å². The molecule has 11 nitrogen and oxygen atoms in total. The lowest BCUT2D eigenvalue weighted by Crippen LogP contribution is -2.59. The number of hydrogen-bond donors (Lipinski definition) is 1. The summed E-state index contributed by atoms with van der Waals surface area (Å²) in [7, 11) is -2.13. The largest absolute Gasteiger partial charge is 0.487 e. The van der Waals surface area contributed by atoms with Crippen LogP contribution in [0.25, 0.3) is 0 Å². The highest BCUT2D eigenvalue weighted by Gasteiger charge is 2.48. The number of hydrogen-bond acceptors (Lipinski definition) is 10. The fourth-order valence-electron chi connectivity index (χ4n) is 9.08. The number of nitrogens with one attached hydrogen (secondary N) is 1. The highest BCUT2D eigenvalue weighted by atomic mass is 35.5. The van der Waals surface area contributed by atoms with Crippen molar-refractivity contribution in [2.24, 2.45) is 17.8 Å². The van der Waals surface area contributed by atoms with Crippen molar-refractivity contribution in [1.29, 1.82) is 0 Å². The summed E-state index contributed by atoms with van der Waals surface area (Å²) in [5.74, 6) is 0.393. The van der Waals surface area contributed by atoms with Gasteiger partial charge in [-0.25, -0.2) is 13.1 Å². The minimum atomic E-state index is -3.97. The Balaban J connectivity index is 1.20. The summed E-state index contributed by atoms with van der Waals surface area (Å²) in [5, 5.41) is -0.0764. The number of fused-ring (bicyclic) bond motifs is 3. The number of ether oxygens (including phenoxy) is 4. The number of aryl methyl sites for hydroxylation is 1. The molecule has 3 fully saturated rings. The van der Waals surface area contributed by atoms with Gasteiger partial charge < -0.3 is 23.8 Å². The van der Waals surface area contributed by atoms with E-state index in [2.05, 4.69) is 31.6 Å². The summed E-state index contributed by atoms with van der Waals surface area (Å²) in [6, 6.07) is 11.6. The molecule has 1 saturated carbocycles. The van der Waals surface area contributed by atoms with Crippen molar-refractivity contribution < 1.29 is 32.2 Å². The Hall–Kier alpha value is -2.71. The fourth-order valence-corrected chi connectivity index (χ4v) is 10.6. The first-order valence-electron chi connectivity index (χ1n) is 20.2. The lowest BCUT2D eigenvalue weighted by molar-refractivity contribution is -0.0973. The lowest BCUT2D eigenvalue weighted by atomic mass is 9.63. The number of sulfonamides is 1. The molecule has 1 aliphatic carbocycles. The average molecular weight is 799 g/mol. The van der Waals surface area contributed by atoms with Gasteiger partial charge in [0.1, 0.15) is 18.0 Å². The molecule has 1 unspecified atom stereocenters. The maximum Gasteiger partial charge on any atom is 0.264 e. The average Bonchev–Trinajstić information content (AvgIpc) is 3.47. The van der Waals surface area contributed by atoms with Crippen molar-refractivity contribution in [3.05, 3.63) is 70.3 Å². The van der Waals surface area contributed by atoms with Crippen LogP contribution < -0.4 is 14.4 Å². The number of piperazine rings is 1. The number of carbonyl (C=O) groups is 1. The van der Waals surface area contributed by atoms with Crippen LogP contribution in [-0.2, 0) is 37.3 Å². The fraction of sp³-hybridized carbons (Fsp3) is 0.643. The second kappa shape index (κ2) is 17.8. The van der Waals surface area contributed by atoms with Gasteiger partial charge in [-0.05, 0) is 105 Å². The highest BCUT2D eigenvalue weighted by molar-refractivity contribution is 7.90. The number of rotatable bonds is 4. The van der Waals surface area contributed by atoms with Gasteiger partial charge >= 0.3 is 0 Å². The predicted octanol–water partition coefficient (Wildman–Crippen LogP) is 5.55. The van der Waals surface area contributed by atoms with Crippen LogP contribution in [0.1, 0.15) is 67.4 Å². The Bertz CT molecular complexity index is 1780. The molecular weight excluding hydrogens is 740 g/mol. The maximum atomic E-state index is 13.6. The molecule has 2 bridgehead atoms. The van der Waals surface area contributed by atoms with E-state index in [1.807, 2.05) is 44.4 Å². The van der Waals surface area contributed by atoms with Gasteiger partial charge in [0.05, 0.1) is 43.4 Å². The summed E-state index contributed by atoms with van der Waals surface area (Å²) in [5.41, 5.74) is 2.82. The Kier molecular flexibility index (Phi) is 13.1. The molecule has 2 aromatic carbocycles. The molecular formula is C42H59ClN4O7S. The van der Waals surface area contributed by atoms with Crippen LogP contribution in [0.5, 0.6) is 5.75 Å². The minimum Gasteiger partial charge on any atom is -0.487 e. The van der Waals surface area contributed by atoms with Crippen LogP contribution in [0, 0.1) is 17.8 Å². The van der Waals surface area contributed by atoms with Crippen molar-refractivity contribution >= 4 is 33.2 Å². The maximum absolute atomic E-state index is 13.6. The molecule has 2 saturated heterocycles. The summed E-state index contributed by atoms with van der Waals surface area (Å²) < 4.78 is 54.5. The van der Waals surface area contributed by atoms with Crippen LogP contribution in [-0.4, -0.2) is 120 Å². The van der Waals surface area contributed by atoms with Crippen LogP contribution in [0.2, 0.25) is 5.02 Å². The van der Waals surface area contributed by atoms with Crippen LogP contribution >= 0.6 is 11.6 Å². The summed E-state index contributed by atoms with van der Waals surface area (Å²) >= 11 is 6.42. The van der Waals surface area contributed by atoms with E-state index in [0.29, 0.717) is 61.7 Å². The van der Waals surface area contributed by atoms with Crippen molar-refractivity contribution in [3.63, 3.8) is 0 Å². The summed E-state index contributed by atoms with van der Waals surface area (Å²) in [4.78, 5) is 21.1. The van der Waals surface area contributed by atoms with Gasteiger partial charge in [-0.15, -0.1) is 0 Å². The monoisotopic (exact) mass is 798 g/mol. The van der Waals surface area contributed by atoms with Crippen molar-refractivity contribution in [3.8, 4) is 5.75 Å². The second-order valence-electron chi connectivity index (χ2n) is 16.3. The molecule has 5 aliphatic rings. The SMILES string of the molecule is COC1(CN2CCN(C3COCCOC3)CC2)/C=C/C[C@H](C)[C@@H](C)S(=O)(=O)NC(=O)c2ccc3c(c2)N(CCCCc2cc(Cl)ccc2CO3)C[C@@H]2CC[C@H]21. The molecule has 7 rings (SSSR count). The zero-order valence-corrected chi connectivity index (χ0v) is 34.3.